The molecule has 2 heterocycles. The highest BCUT2D eigenvalue weighted by molar-refractivity contribution is 6.09. The van der Waals surface area contributed by atoms with E-state index < -0.39 is 23.9 Å². The van der Waals surface area contributed by atoms with Gasteiger partial charge in [-0.05, 0) is 48.5 Å². The van der Waals surface area contributed by atoms with Crippen LogP contribution in [0, 0.1) is 0 Å². The number of esters is 2. The third-order valence-electron chi connectivity index (χ3n) is 7.48. The van der Waals surface area contributed by atoms with Crippen LogP contribution in [0.2, 0.25) is 0 Å². The third-order valence-corrected chi connectivity index (χ3v) is 7.48. The summed E-state index contributed by atoms with van der Waals surface area (Å²) in [6, 6.07) is 22.2. The van der Waals surface area contributed by atoms with E-state index in [1.165, 1.54) is 6.92 Å². The van der Waals surface area contributed by atoms with Gasteiger partial charge in [-0.1, -0.05) is 30.3 Å². The zero-order valence-electron chi connectivity index (χ0n) is 25.0. The van der Waals surface area contributed by atoms with E-state index in [2.05, 4.69) is 14.8 Å². The number of anilines is 1. The van der Waals surface area contributed by atoms with Crippen molar-refractivity contribution in [3.8, 4) is 11.5 Å². The Morgan fingerprint density at radius 3 is 2.13 bits per heavy atom. The molecule has 5 rings (SSSR count). The van der Waals surface area contributed by atoms with Gasteiger partial charge in [0.25, 0.3) is 5.91 Å². The highest BCUT2D eigenvalue weighted by Crippen LogP contribution is 2.27. The Hall–Kier alpha value is -5.07. The molecule has 2 N–H and O–H groups in total. The van der Waals surface area contributed by atoms with E-state index in [1.807, 2.05) is 6.07 Å². The second kappa shape index (κ2) is 14.6. The molecule has 12 heteroatoms. The van der Waals surface area contributed by atoms with Crippen molar-refractivity contribution in [2.75, 3.05) is 50.7 Å². The van der Waals surface area contributed by atoms with E-state index >= 15 is 0 Å². The molecule has 234 valence electrons. The van der Waals surface area contributed by atoms with Crippen LogP contribution in [0.15, 0.2) is 83.9 Å². The molecule has 45 heavy (non-hydrogen) atoms. The molecule has 0 aliphatic carbocycles. The first kappa shape index (κ1) is 31.4. The minimum atomic E-state index is -0.489. The van der Waals surface area contributed by atoms with Gasteiger partial charge in [0.2, 0.25) is 0 Å². The highest BCUT2D eigenvalue weighted by Gasteiger charge is 2.34. The second-order valence-corrected chi connectivity index (χ2v) is 10.7. The van der Waals surface area contributed by atoms with Gasteiger partial charge in [0.1, 0.15) is 11.9 Å². The van der Waals surface area contributed by atoms with Gasteiger partial charge in [0, 0.05) is 63.0 Å². The van der Waals surface area contributed by atoms with Gasteiger partial charge in [-0.25, -0.2) is 4.79 Å². The molecule has 2 aliphatic rings. The molecule has 2 fully saturated rings. The maximum Gasteiger partial charge on any atom is 0.414 e. The van der Waals surface area contributed by atoms with Gasteiger partial charge in [0.05, 0.1) is 13.0 Å². The first-order chi connectivity index (χ1) is 21.7. The Balaban J connectivity index is 1.05. The minimum absolute atomic E-state index is 0.0953. The summed E-state index contributed by atoms with van der Waals surface area (Å²) in [5.74, 6) is -0.799. The normalized spacial score (nSPS) is 17.5. The third kappa shape index (κ3) is 8.52. The van der Waals surface area contributed by atoms with Gasteiger partial charge >= 0.3 is 18.0 Å². The van der Waals surface area contributed by atoms with E-state index in [1.54, 1.807) is 77.7 Å². The number of nitrogens with two attached hydrogens (primary N) is 1. The zero-order chi connectivity index (χ0) is 31.8. The quantitative estimate of drug-likeness (QED) is 0.157. The number of nitrogens with zero attached hydrogens (tertiary/aromatic N) is 4. The van der Waals surface area contributed by atoms with Crippen molar-refractivity contribution < 1.29 is 33.4 Å². The van der Waals surface area contributed by atoms with Gasteiger partial charge in [-0.2, -0.15) is 4.99 Å². The fraction of sp³-hybridized carbons (Fsp3) is 0.303. The molecule has 0 aromatic heterocycles. The number of amidine groups is 1. The molecule has 1 atom stereocenters. The number of rotatable bonds is 10. The Morgan fingerprint density at radius 2 is 1.47 bits per heavy atom. The number of piperazine rings is 1. The molecule has 12 nitrogen and oxygen atoms in total. The summed E-state index contributed by atoms with van der Waals surface area (Å²) in [5.41, 5.74) is 7.75. The topological polar surface area (TPSA) is 144 Å². The Morgan fingerprint density at radius 1 is 0.844 bits per heavy atom. The van der Waals surface area contributed by atoms with Crippen molar-refractivity contribution in [2.24, 2.45) is 10.7 Å². The minimum Gasteiger partial charge on any atom is -0.443 e. The number of ether oxygens (including phenoxy) is 3. The number of amides is 2. The van der Waals surface area contributed by atoms with Crippen molar-refractivity contribution in [1.29, 1.82) is 0 Å². The second-order valence-electron chi connectivity index (χ2n) is 10.7. The molecule has 3 aromatic rings. The van der Waals surface area contributed by atoms with Crippen molar-refractivity contribution in [3.05, 3.63) is 90.0 Å². The molecule has 2 aliphatic heterocycles. The van der Waals surface area contributed by atoms with Crippen LogP contribution in [0.3, 0.4) is 0 Å². The maximum atomic E-state index is 12.7. The standard InChI is InChI=1S/C33H35N5O7/c1-23(39)43-28-9-5-6-10-29(28)45-30(40)15-16-36-17-19-37(20-18-36)21-27-22-38(33(42)44-27)26-13-11-24(12-14-26)31(34)35-32(41)25-7-3-2-4-8-25/h2-14,27H,15-22H2,1H3,(H2,34,35,41). The lowest BCUT2D eigenvalue weighted by atomic mass is 10.1. The van der Waals surface area contributed by atoms with Crippen molar-refractivity contribution in [3.63, 3.8) is 0 Å². The van der Waals surface area contributed by atoms with E-state index in [0.717, 1.165) is 26.2 Å². The number of benzene rings is 3. The predicted octanol–water partition coefficient (Wildman–Crippen LogP) is 3.10. The molecule has 1 unspecified atom stereocenters. The fourth-order valence-electron chi connectivity index (χ4n) is 5.14. The van der Waals surface area contributed by atoms with Crippen LogP contribution >= 0.6 is 0 Å². The monoisotopic (exact) mass is 613 g/mol. The molecule has 0 spiro atoms. The lowest BCUT2D eigenvalue weighted by Crippen LogP contribution is -2.49. The SMILES string of the molecule is CC(=O)Oc1ccccc1OC(=O)CCN1CCN(CC2CN(c3ccc(C(N)=NC(=O)c4ccccc4)cc3)C(=O)O2)CC1. The lowest BCUT2D eigenvalue weighted by Gasteiger charge is -2.35. The number of carbonyl (C=O) groups excluding carboxylic acids is 4. The summed E-state index contributed by atoms with van der Waals surface area (Å²) in [4.78, 5) is 58.8. The van der Waals surface area contributed by atoms with Gasteiger partial charge in [-0.15, -0.1) is 0 Å². The molecule has 2 amide bonds. The van der Waals surface area contributed by atoms with Crippen LogP contribution in [-0.4, -0.2) is 91.5 Å². The average Bonchev–Trinajstić information content (AvgIpc) is 3.41. The van der Waals surface area contributed by atoms with Gasteiger partial charge in [0.15, 0.2) is 11.5 Å². The Kier molecular flexibility index (Phi) is 10.2. The van der Waals surface area contributed by atoms with Crippen LogP contribution in [-0.2, 0) is 14.3 Å². The van der Waals surface area contributed by atoms with E-state index in [9.17, 15) is 19.2 Å². The number of carbonyl (C=O) groups is 4. The molecule has 3 aromatic carbocycles. The van der Waals surface area contributed by atoms with Crippen molar-refractivity contribution in [1.82, 2.24) is 9.80 Å². The summed E-state index contributed by atoms with van der Waals surface area (Å²) in [5, 5.41) is 0. The van der Waals surface area contributed by atoms with Gasteiger partial charge < -0.3 is 24.8 Å². The largest absolute Gasteiger partial charge is 0.443 e. The van der Waals surface area contributed by atoms with Crippen LogP contribution in [0.25, 0.3) is 0 Å². The number of hydrogen-bond donors (Lipinski definition) is 1. The Bertz CT molecular complexity index is 1550. The molecular weight excluding hydrogens is 578 g/mol. The summed E-state index contributed by atoms with van der Waals surface area (Å²) < 4.78 is 16.2. The maximum absolute atomic E-state index is 12.7. The van der Waals surface area contributed by atoms with Crippen molar-refractivity contribution in [2.45, 2.75) is 19.4 Å². The molecule has 2 saturated heterocycles. The van der Waals surface area contributed by atoms with Crippen LogP contribution in [0.5, 0.6) is 11.5 Å². The number of cyclic esters (lactones) is 1. The lowest BCUT2D eigenvalue weighted by molar-refractivity contribution is -0.136. The van der Waals surface area contributed by atoms with Crippen LogP contribution in [0.1, 0.15) is 29.3 Å². The van der Waals surface area contributed by atoms with Crippen LogP contribution in [0.4, 0.5) is 10.5 Å². The van der Waals surface area contributed by atoms with Crippen molar-refractivity contribution >= 4 is 35.5 Å². The summed E-state index contributed by atoms with van der Waals surface area (Å²) in [7, 11) is 0. The first-order valence-corrected chi connectivity index (χ1v) is 14.7. The Labute approximate surface area is 261 Å². The molecule has 0 bridgehead atoms. The highest BCUT2D eigenvalue weighted by atomic mass is 16.6. The number of hydrogen-bond acceptors (Lipinski definition) is 9. The number of aliphatic imine (C=N–C) groups is 1. The molecular formula is C33H35N5O7. The smallest absolute Gasteiger partial charge is 0.414 e. The molecule has 0 radical (unpaired) electrons. The number of para-hydroxylation sites is 2. The van der Waals surface area contributed by atoms with E-state index in [-0.39, 0.29) is 29.9 Å². The first-order valence-electron chi connectivity index (χ1n) is 14.7. The molecule has 0 saturated carbocycles. The summed E-state index contributed by atoms with van der Waals surface area (Å²) in [6.07, 6.45) is -0.504. The van der Waals surface area contributed by atoms with Crippen LogP contribution < -0.4 is 20.1 Å². The average molecular weight is 614 g/mol. The fourth-order valence-corrected chi connectivity index (χ4v) is 5.14. The summed E-state index contributed by atoms with van der Waals surface area (Å²) >= 11 is 0. The van der Waals surface area contributed by atoms with E-state index in [4.69, 9.17) is 19.9 Å². The zero-order valence-corrected chi connectivity index (χ0v) is 25.0. The van der Waals surface area contributed by atoms with Gasteiger partial charge in [-0.3, -0.25) is 24.2 Å². The van der Waals surface area contributed by atoms with E-state index in [0.29, 0.717) is 36.4 Å². The summed E-state index contributed by atoms with van der Waals surface area (Å²) in [6.45, 7) is 5.91. The predicted molar refractivity (Wildman–Crippen MR) is 166 cm³/mol.